The van der Waals surface area contributed by atoms with Crippen LogP contribution in [0.25, 0.3) is 0 Å². The molecule has 0 N–H and O–H groups in total. The van der Waals surface area contributed by atoms with Crippen molar-refractivity contribution in [3.63, 3.8) is 0 Å². The molecule has 0 radical (unpaired) electrons. The van der Waals surface area contributed by atoms with E-state index >= 15 is 0 Å². The van der Waals surface area contributed by atoms with Crippen molar-refractivity contribution in [1.82, 2.24) is 4.57 Å². The third-order valence-corrected chi connectivity index (χ3v) is 3.85. The van der Waals surface area contributed by atoms with Gasteiger partial charge in [0.25, 0.3) is 5.82 Å². The Labute approximate surface area is 145 Å². The number of hydrogen-bond donors (Lipinski definition) is 0. The van der Waals surface area contributed by atoms with Crippen LogP contribution in [0.15, 0.2) is 6.20 Å². The molecule has 1 rings (SSSR count). The molecule has 0 aliphatic carbocycles. The van der Waals surface area contributed by atoms with E-state index in [4.69, 9.17) is 4.74 Å². The largest absolute Gasteiger partial charge is 1.00 e. The number of methoxy groups -OCH3 is 1. The van der Waals surface area contributed by atoms with Crippen LogP contribution in [-0.4, -0.2) is 17.6 Å². The number of halogens is 1. The highest BCUT2D eigenvalue weighted by atomic mass is 127. The summed E-state index contributed by atoms with van der Waals surface area (Å²) in [4.78, 5) is 11.3. The summed E-state index contributed by atoms with van der Waals surface area (Å²) in [6, 6.07) is 0. The van der Waals surface area contributed by atoms with Crippen LogP contribution in [0.3, 0.4) is 0 Å². The van der Waals surface area contributed by atoms with Crippen molar-refractivity contribution >= 4 is 5.97 Å². The number of rotatable bonds is 9. The Morgan fingerprint density at radius 1 is 1.29 bits per heavy atom. The first-order valence-corrected chi connectivity index (χ1v) is 7.79. The van der Waals surface area contributed by atoms with Gasteiger partial charge in [0, 0.05) is 13.3 Å². The molecule has 0 aliphatic heterocycles. The summed E-state index contributed by atoms with van der Waals surface area (Å²) in [5.41, 5.74) is 1.24. The average Bonchev–Trinajstić information content (AvgIpc) is 2.77. The van der Waals surface area contributed by atoms with Gasteiger partial charge in [0.2, 0.25) is 0 Å². The summed E-state index contributed by atoms with van der Waals surface area (Å²) in [7, 11) is 1.45. The molecule has 0 spiro atoms. The third-order valence-electron chi connectivity index (χ3n) is 3.85. The summed E-state index contributed by atoms with van der Waals surface area (Å²) in [5, 5.41) is 0. The minimum atomic E-state index is -0.135. The molecule has 0 amide bonds. The topological polar surface area (TPSA) is 35.1 Å². The standard InChI is InChI=1S/C16H29N2O2.HI/c1-5-7-8-9-12-18-14(3)17(6-2)13-15(18)10-11-16(19)20-4;/h13H,5-12H2,1-4H3;1H/q+1;/p-1. The molecular weight excluding hydrogens is 379 g/mol. The molecule has 0 atom stereocenters. The first-order chi connectivity index (χ1) is 9.63. The van der Waals surface area contributed by atoms with E-state index in [0.717, 1.165) is 19.5 Å². The van der Waals surface area contributed by atoms with Crippen LogP contribution in [-0.2, 0) is 29.0 Å². The van der Waals surface area contributed by atoms with Crippen LogP contribution in [0.5, 0.6) is 0 Å². The second kappa shape index (κ2) is 11.0. The van der Waals surface area contributed by atoms with Gasteiger partial charge in [-0.3, -0.25) is 4.79 Å². The highest BCUT2D eigenvalue weighted by molar-refractivity contribution is 5.69. The summed E-state index contributed by atoms with van der Waals surface area (Å²) in [6.07, 6.45) is 8.43. The lowest BCUT2D eigenvalue weighted by atomic mass is 10.2. The molecule has 1 aromatic heterocycles. The summed E-state index contributed by atoms with van der Waals surface area (Å²) in [6.45, 7) is 8.56. The molecule has 0 aliphatic rings. The maximum Gasteiger partial charge on any atom is 0.305 e. The summed E-state index contributed by atoms with van der Waals surface area (Å²) in [5.74, 6) is 1.15. The number of unbranched alkanes of at least 4 members (excludes halogenated alkanes) is 3. The van der Waals surface area contributed by atoms with Gasteiger partial charge in [-0.1, -0.05) is 19.8 Å². The quantitative estimate of drug-likeness (QED) is 0.246. The number of aromatic nitrogens is 2. The number of esters is 1. The van der Waals surface area contributed by atoms with Gasteiger partial charge < -0.3 is 28.7 Å². The molecule has 0 saturated heterocycles. The highest BCUT2D eigenvalue weighted by Crippen LogP contribution is 2.10. The fraction of sp³-hybridized carbons (Fsp3) is 0.750. The van der Waals surface area contributed by atoms with Gasteiger partial charge in [-0.2, -0.15) is 0 Å². The Morgan fingerprint density at radius 2 is 2.00 bits per heavy atom. The van der Waals surface area contributed by atoms with Crippen molar-refractivity contribution in [1.29, 1.82) is 0 Å². The van der Waals surface area contributed by atoms with Crippen LogP contribution in [0.1, 0.15) is 57.5 Å². The normalized spacial score (nSPS) is 10.3. The monoisotopic (exact) mass is 408 g/mol. The number of nitrogens with zero attached hydrogens (tertiary/aromatic N) is 2. The number of hydrogen-bond acceptors (Lipinski definition) is 2. The zero-order valence-electron chi connectivity index (χ0n) is 13.8. The van der Waals surface area contributed by atoms with E-state index in [9.17, 15) is 4.79 Å². The summed E-state index contributed by atoms with van der Waals surface area (Å²) < 4.78 is 9.35. The smallest absolute Gasteiger partial charge is 0.305 e. The Morgan fingerprint density at radius 3 is 2.57 bits per heavy atom. The van der Waals surface area contributed by atoms with Crippen molar-refractivity contribution < 1.29 is 38.1 Å². The Hall–Kier alpha value is -0.590. The summed E-state index contributed by atoms with van der Waals surface area (Å²) >= 11 is 0. The van der Waals surface area contributed by atoms with E-state index in [1.165, 1.54) is 44.3 Å². The second-order valence-corrected chi connectivity index (χ2v) is 5.24. The first kappa shape index (κ1) is 20.4. The minimum Gasteiger partial charge on any atom is -1.00 e. The minimum absolute atomic E-state index is 0. The van der Waals surface area contributed by atoms with Crippen LogP contribution >= 0.6 is 0 Å². The number of aryl methyl sites for hydroxylation is 2. The molecule has 0 saturated carbocycles. The number of carbonyl (C=O) groups is 1. The highest BCUT2D eigenvalue weighted by Gasteiger charge is 2.19. The van der Waals surface area contributed by atoms with Gasteiger partial charge in [-0.05, 0) is 19.8 Å². The zero-order chi connectivity index (χ0) is 15.0. The lowest BCUT2D eigenvalue weighted by Crippen LogP contribution is -3.00. The van der Waals surface area contributed by atoms with Crippen LogP contribution in [0.4, 0.5) is 0 Å². The molecule has 5 heteroatoms. The molecular formula is C16H29IN2O2. The Bertz CT molecular complexity index is 430. The van der Waals surface area contributed by atoms with E-state index in [1.807, 2.05) is 0 Å². The maximum absolute atomic E-state index is 11.3. The molecule has 0 fully saturated rings. The molecule has 0 unspecified atom stereocenters. The predicted octanol–water partition coefficient (Wildman–Crippen LogP) is -0.206. The lowest BCUT2D eigenvalue weighted by molar-refractivity contribution is -0.699. The molecule has 21 heavy (non-hydrogen) atoms. The maximum atomic E-state index is 11.3. The molecule has 1 aromatic rings. The fourth-order valence-electron chi connectivity index (χ4n) is 2.56. The van der Waals surface area contributed by atoms with Gasteiger partial charge in [-0.25, -0.2) is 9.13 Å². The van der Waals surface area contributed by atoms with Gasteiger partial charge in [0.1, 0.15) is 11.9 Å². The second-order valence-electron chi connectivity index (χ2n) is 5.24. The Kier molecular flexibility index (Phi) is 10.7. The van der Waals surface area contributed by atoms with Gasteiger partial charge in [0.15, 0.2) is 0 Å². The number of carbonyl (C=O) groups excluding carboxylic acids is 1. The number of ether oxygens (including phenoxy) is 1. The van der Waals surface area contributed by atoms with Crippen LogP contribution in [0, 0.1) is 6.92 Å². The zero-order valence-corrected chi connectivity index (χ0v) is 16.0. The third kappa shape index (κ3) is 6.36. The van der Waals surface area contributed by atoms with Crippen LogP contribution in [0.2, 0.25) is 0 Å². The van der Waals surface area contributed by atoms with Crippen molar-refractivity contribution in [2.75, 3.05) is 7.11 Å². The average molecular weight is 408 g/mol. The molecule has 122 valence electrons. The fourth-order valence-corrected chi connectivity index (χ4v) is 2.56. The van der Waals surface area contributed by atoms with Gasteiger partial charge >= 0.3 is 5.97 Å². The van der Waals surface area contributed by atoms with E-state index in [1.54, 1.807) is 0 Å². The predicted molar refractivity (Wildman–Crippen MR) is 79.5 cm³/mol. The van der Waals surface area contributed by atoms with Gasteiger partial charge in [0.05, 0.1) is 26.6 Å². The Balaban J connectivity index is 0.00000400. The van der Waals surface area contributed by atoms with Crippen molar-refractivity contribution in [3.8, 4) is 0 Å². The molecule has 4 nitrogen and oxygen atoms in total. The van der Waals surface area contributed by atoms with E-state index in [2.05, 4.69) is 36.1 Å². The van der Waals surface area contributed by atoms with Crippen molar-refractivity contribution in [3.05, 3.63) is 17.7 Å². The number of imidazole rings is 1. The van der Waals surface area contributed by atoms with Crippen molar-refractivity contribution in [2.24, 2.45) is 0 Å². The van der Waals surface area contributed by atoms with E-state index < -0.39 is 0 Å². The molecule has 0 aromatic carbocycles. The molecule has 1 heterocycles. The van der Waals surface area contributed by atoms with E-state index in [-0.39, 0.29) is 29.9 Å². The SMILES string of the molecule is CCCCCCn1c(CCC(=O)OC)c[n+](CC)c1C.[I-]. The van der Waals surface area contributed by atoms with E-state index in [0.29, 0.717) is 6.42 Å². The first-order valence-electron chi connectivity index (χ1n) is 7.79. The lowest BCUT2D eigenvalue weighted by Gasteiger charge is -2.04. The van der Waals surface area contributed by atoms with Crippen LogP contribution < -0.4 is 28.5 Å². The van der Waals surface area contributed by atoms with Crippen molar-refractivity contribution in [2.45, 2.75) is 72.4 Å². The van der Waals surface area contributed by atoms with Gasteiger partial charge in [-0.15, -0.1) is 0 Å². The molecule has 0 bridgehead atoms.